The number of aliphatic carboxylic acids is 2. The number of aryl methyl sites for hydroxylation is 1. The fourth-order valence-electron chi connectivity index (χ4n) is 4.56. The Morgan fingerprint density at radius 1 is 0.892 bits per heavy atom. The molecule has 37 heavy (non-hydrogen) atoms. The Hall–Kier alpha value is -3.55. The van der Waals surface area contributed by atoms with Gasteiger partial charge in [-0.1, -0.05) is 54.1 Å². The zero-order chi connectivity index (χ0) is 26.8. The van der Waals surface area contributed by atoms with E-state index in [0.717, 1.165) is 55.3 Å². The summed E-state index contributed by atoms with van der Waals surface area (Å²) in [5, 5.41) is 15.6. The third kappa shape index (κ3) is 7.97. The fourth-order valence-corrected chi connectivity index (χ4v) is 4.68. The van der Waals surface area contributed by atoms with Crippen LogP contribution in [0.4, 0.5) is 0 Å². The van der Waals surface area contributed by atoms with Crippen molar-refractivity contribution in [2.24, 2.45) is 0 Å². The maximum Gasteiger partial charge on any atom is 0.414 e. The summed E-state index contributed by atoms with van der Waals surface area (Å²) in [6.07, 6.45) is 4.15. The van der Waals surface area contributed by atoms with Crippen LogP contribution in [-0.2, 0) is 28.9 Å². The molecule has 0 aromatic heterocycles. The lowest BCUT2D eigenvalue weighted by Crippen LogP contribution is -2.37. The number of carboxylic acid groups (broad SMARTS) is 2. The molecular weight excluding hydrogens is 494 g/mol. The molecule has 7 nitrogen and oxygen atoms in total. The molecule has 1 unspecified atom stereocenters. The number of ether oxygens (including phenoxy) is 2. The average molecular weight is 526 g/mol. The van der Waals surface area contributed by atoms with Crippen molar-refractivity contribution in [1.29, 1.82) is 0 Å². The molecule has 0 amide bonds. The number of fused-ring (bicyclic) bond motifs is 1. The van der Waals surface area contributed by atoms with Crippen molar-refractivity contribution in [2.75, 3.05) is 27.3 Å². The number of hydrogen-bond donors (Lipinski definition) is 2. The predicted molar refractivity (Wildman–Crippen MR) is 143 cm³/mol. The van der Waals surface area contributed by atoms with Gasteiger partial charge >= 0.3 is 11.9 Å². The maximum atomic E-state index is 9.10. The molecular formula is C29H32ClNO6. The van der Waals surface area contributed by atoms with Gasteiger partial charge < -0.3 is 19.7 Å². The van der Waals surface area contributed by atoms with Gasteiger partial charge in [-0.15, -0.1) is 0 Å². The van der Waals surface area contributed by atoms with Crippen LogP contribution in [0.2, 0.25) is 5.02 Å². The SMILES string of the molecule is COc1cc2c(cc1OC)C(CCc1ccc(Cl)cc1)N(CCc1ccccc1)CC2.O=C(O)C(=O)O. The number of nitrogens with zero attached hydrogens (tertiary/aromatic N) is 1. The first-order chi connectivity index (χ1) is 17.8. The second-order valence-electron chi connectivity index (χ2n) is 8.72. The van der Waals surface area contributed by atoms with Crippen LogP contribution in [0, 0.1) is 0 Å². The van der Waals surface area contributed by atoms with Crippen LogP contribution >= 0.6 is 11.6 Å². The van der Waals surface area contributed by atoms with Crippen molar-refractivity contribution >= 4 is 23.5 Å². The molecule has 196 valence electrons. The van der Waals surface area contributed by atoms with Gasteiger partial charge in [0.1, 0.15) is 0 Å². The van der Waals surface area contributed by atoms with Gasteiger partial charge in [-0.05, 0) is 72.2 Å². The minimum Gasteiger partial charge on any atom is -0.493 e. The summed E-state index contributed by atoms with van der Waals surface area (Å²) in [5.41, 5.74) is 5.44. The van der Waals surface area contributed by atoms with Crippen LogP contribution in [0.25, 0.3) is 0 Å². The lowest BCUT2D eigenvalue weighted by molar-refractivity contribution is -0.159. The average Bonchev–Trinajstić information content (AvgIpc) is 2.91. The molecule has 1 aliphatic rings. The minimum atomic E-state index is -1.82. The Morgan fingerprint density at radius 2 is 1.49 bits per heavy atom. The van der Waals surface area contributed by atoms with E-state index in [1.807, 2.05) is 12.1 Å². The molecule has 0 saturated heterocycles. The molecule has 4 rings (SSSR count). The molecule has 0 fully saturated rings. The van der Waals surface area contributed by atoms with Gasteiger partial charge in [-0.2, -0.15) is 0 Å². The standard InChI is InChI=1S/C27H30ClNO2.C2H2O4/c1-30-26-18-22-15-17-29(16-14-20-6-4-3-5-7-20)25(24(22)19-27(26)31-2)13-10-21-8-11-23(28)12-9-21;3-1(4)2(5)6/h3-9,11-12,18-19,25H,10,13-17H2,1-2H3;(H,3,4)(H,5,6). The first-order valence-electron chi connectivity index (χ1n) is 12.1. The lowest BCUT2D eigenvalue weighted by Gasteiger charge is -2.38. The summed E-state index contributed by atoms with van der Waals surface area (Å²) in [6, 6.07) is 23.7. The predicted octanol–water partition coefficient (Wildman–Crippen LogP) is 5.29. The van der Waals surface area contributed by atoms with Gasteiger partial charge in [0, 0.05) is 24.2 Å². The van der Waals surface area contributed by atoms with Gasteiger partial charge in [-0.3, -0.25) is 4.90 Å². The van der Waals surface area contributed by atoms with E-state index in [0.29, 0.717) is 6.04 Å². The van der Waals surface area contributed by atoms with Crippen LogP contribution in [0.5, 0.6) is 11.5 Å². The van der Waals surface area contributed by atoms with E-state index in [9.17, 15) is 0 Å². The Labute approximate surface area is 222 Å². The highest BCUT2D eigenvalue weighted by atomic mass is 35.5. The number of halogens is 1. The Balaban J connectivity index is 0.000000568. The molecule has 1 atom stereocenters. The van der Waals surface area contributed by atoms with Crippen molar-refractivity contribution < 1.29 is 29.3 Å². The quantitative estimate of drug-likeness (QED) is 0.386. The summed E-state index contributed by atoms with van der Waals surface area (Å²) in [4.78, 5) is 20.8. The second-order valence-corrected chi connectivity index (χ2v) is 9.16. The van der Waals surface area contributed by atoms with Crippen molar-refractivity contribution in [2.45, 2.75) is 31.7 Å². The van der Waals surface area contributed by atoms with Crippen molar-refractivity contribution in [1.82, 2.24) is 4.90 Å². The number of benzene rings is 3. The Kier molecular flexibility index (Phi) is 10.4. The summed E-state index contributed by atoms with van der Waals surface area (Å²) >= 11 is 6.08. The molecule has 0 radical (unpaired) electrons. The molecule has 2 N–H and O–H groups in total. The van der Waals surface area contributed by atoms with Crippen LogP contribution in [0.3, 0.4) is 0 Å². The number of carboxylic acids is 2. The lowest BCUT2D eigenvalue weighted by atomic mass is 9.88. The summed E-state index contributed by atoms with van der Waals surface area (Å²) in [7, 11) is 3.42. The highest BCUT2D eigenvalue weighted by Crippen LogP contribution is 2.40. The number of methoxy groups -OCH3 is 2. The topological polar surface area (TPSA) is 96.3 Å². The second kappa shape index (κ2) is 13.7. The maximum absolute atomic E-state index is 9.10. The van der Waals surface area contributed by atoms with Crippen molar-refractivity contribution in [3.63, 3.8) is 0 Å². The molecule has 3 aromatic rings. The summed E-state index contributed by atoms with van der Waals surface area (Å²) in [6.45, 7) is 2.10. The van der Waals surface area contributed by atoms with E-state index in [1.165, 1.54) is 22.3 Å². The van der Waals surface area contributed by atoms with Crippen LogP contribution in [0.15, 0.2) is 66.7 Å². The van der Waals surface area contributed by atoms with Crippen LogP contribution < -0.4 is 9.47 Å². The third-order valence-electron chi connectivity index (χ3n) is 6.45. The van der Waals surface area contributed by atoms with Gasteiger partial charge in [0.05, 0.1) is 14.2 Å². The van der Waals surface area contributed by atoms with Crippen molar-refractivity contribution in [3.05, 3.63) is 94.0 Å². The smallest absolute Gasteiger partial charge is 0.414 e. The minimum absolute atomic E-state index is 0.350. The van der Waals surface area contributed by atoms with Gasteiger partial charge in [0.15, 0.2) is 11.5 Å². The highest BCUT2D eigenvalue weighted by molar-refractivity contribution is 6.30. The molecule has 1 heterocycles. The van der Waals surface area contributed by atoms with E-state index in [2.05, 4.69) is 59.5 Å². The number of hydrogen-bond acceptors (Lipinski definition) is 5. The largest absolute Gasteiger partial charge is 0.493 e. The summed E-state index contributed by atoms with van der Waals surface area (Å²) < 4.78 is 11.2. The normalized spacial score (nSPS) is 14.6. The Bertz CT molecular complexity index is 1170. The molecule has 1 aliphatic heterocycles. The van der Waals surface area contributed by atoms with Gasteiger partial charge in [0.25, 0.3) is 0 Å². The van der Waals surface area contributed by atoms with E-state index in [-0.39, 0.29) is 0 Å². The zero-order valence-corrected chi connectivity index (χ0v) is 21.8. The van der Waals surface area contributed by atoms with E-state index in [1.54, 1.807) is 14.2 Å². The Morgan fingerprint density at radius 3 is 2.08 bits per heavy atom. The van der Waals surface area contributed by atoms with E-state index >= 15 is 0 Å². The first kappa shape index (κ1) is 28.0. The summed E-state index contributed by atoms with van der Waals surface area (Å²) in [5.74, 6) is -2.02. The first-order valence-corrected chi connectivity index (χ1v) is 12.4. The fraction of sp³-hybridized carbons (Fsp3) is 0.310. The molecule has 3 aromatic carbocycles. The molecule has 0 aliphatic carbocycles. The molecule has 0 spiro atoms. The monoisotopic (exact) mass is 525 g/mol. The van der Waals surface area contributed by atoms with E-state index in [4.69, 9.17) is 40.9 Å². The van der Waals surface area contributed by atoms with Crippen LogP contribution in [-0.4, -0.2) is 54.4 Å². The van der Waals surface area contributed by atoms with Gasteiger partial charge in [0.2, 0.25) is 0 Å². The highest BCUT2D eigenvalue weighted by Gasteiger charge is 2.28. The number of carbonyl (C=O) groups is 2. The molecule has 0 saturated carbocycles. The number of rotatable bonds is 8. The molecule has 8 heteroatoms. The van der Waals surface area contributed by atoms with E-state index < -0.39 is 11.9 Å². The van der Waals surface area contributed by atoms with Crippen molar-refractivity contribution in [3.8, 4) is 11.5 Å². The third-order valence-corrected chi connectivity index (χ3v) is 6.70. The zero-order valence-electron chi connectivity index (χ0n) is 21.0. The molecule has 0 bridgehead atoms. The van der Waals surface area contributed by atoms with Crippen LogP contribution in [0.1, 0.15) is 34.7 Å². The van der Waals surface area contributed by atoms with Gasteiger partial charge in [-0.25, -0.2) is 9.59 Å².